The van der Waals surface area contributed by atoms with Crippen LogP contribution in [0.2, 0.25) is 0 Å². The molecule has 0 bridgehead atoms. The van der Waals surface area contributed by atoms with E-state index in [4.69, 9.17) is 9.47 Å². The summed E-state index contributed by atoms with van der Waals surface area (Å²) in [5.74, 6) is 0.223. The molecule has 2 aromatic rings. The van der Waals surface area contributed by atoms with Gasteiger partial charge in [-0.1, -0.05) is 64.1 Å². The molecule has 1 amide bonds. The van der Waals surface area contributed by atoms with Crippen molar-refractivity contribution < 1.29 is 24.2 Å². The largest absolute Gasteiger partial charge is 0.507 e. The predicted octanol–water partition coefficient (Wildman–Crippen LogP) is 5.27. The van der Waals surface area contributed by atoms with E-state index >= 15 is 0 Å². The fourth-order valence-electron chi connectivity index (χ4n) is 4.48. The van der Waals surface area contributed by atoms with Crippen molar-refractivity contribution in [1.29, 1.82) is 0 Å². The Balaban J connectivity index is 2.08. The van der Waals surface area contributed by atoms with Crippen LogP contribution in [-0.2, 0) is 9.59 Å². The highest BCUT2D eigenvalue weighted by Gasteiger charge is 2.46. The molecule has 37 heavy (non-hydrogen) atoms. The number of carbonyl (C=O) groups excluding carboxylic acids is 2. The normalized spacial score (nSPS) is 17.2. The number of aliphatic hydroxyl groups excluding tert-OH is 1. The Bertz CT molecular complexity index is 1090. The number of ether oxygens (including phenoxy) is 2. The van der Waals surface area contributed by atoms with E-state index in [9.17, 15) is 14.7 Å². The minimum absolute atomic E-state index is 0.0895. The zero-order chi connectivity index (χ0) is 26.9. The molecule has 1 fully saturated rings. The highest BCUT2D eigenvalue weighted by atomic mass is 16.5. The van der Waals surface area contributed by atoms with E-state index in [0.717, 1.165) is 19.5 Å². The lowest BCUT2D eigenvalue weighted by Gasteiger charge is -2.28. The second-order valence-electron chi connectivity index (χ2n) is 9.56. The highest BCUT2D eigenvalue weighted by Crippen LogP contribution is 2.42. The molecular formula is C30H40N2O5. The Morgan fingerprint density at radius 2 is 1.70 bits per heavy atom. The Morgan fingerprint density at radius 3 is 2.32 bits per heavy atom. The fourth-order valence-corrected chi connectivity index (χ4v) is 4.48. The average Bonchev–Trinajstić information content (AvgIpc) is 3.15. The number of hydrogen-bond acceptors (Lipinski definition) is 6. The minimum Gasteiger partial charge on any atom is -0.507 e. The van der Waals surface area contributed by atoms with Gasteiger partial charge in [0.25, 0.3) is 11.7 Å². The Kier molecular flexibility index (Phi) is 10.1. The molecule has 1 heterocycles. The molecule has 0 aliphatic carbocycles. The lowest BCUT2D eigenvalue weighted by Crippen LogP contribution is -2.38. The minimum atomic E-state index is -0.736. The van der Waals surface area contributed by atoms with Crippen LogP contribution in [0.4, 0.5) is 0 Å². The van der Waals surface area contributed by atoms with E-state index < -0.39 is 17.7 Å². The van der Waals surface area contributed by atoms with Crippen LogP contribution in [-0.4, -0.2) is 66.0 Å². The van der Waals surface area contributed by atoms with Gasteiger partial charge in [0.05, 0.1) is 24.8 Å². The van der Waals surface area contributed by atoms with Crippen LogP contribution in [0.5, 0.6) is 11.5 Å². The molecule has 0 radical (unpaired) electrons. The first kappa shape index (κ1) is 28.3. The molecule has 1 N–H and O–H groups in total. The standard InChI is InChI=1S/C30H40N2O5/c1-6-31(7-2)17-18-32-27(26(29(34)30(32)35)28(33)22-12-10-9-11-13-22)23-14-15-24(25(20-23)36-8-3)37-19-16-21(4)5/h9-15,20-21,27,33H,6-8,16-19H2,1-5H3. The molecule has 200 valence electrons. The maximum atomic E-state index is 13.3. The maximum absolute atomic E-state index is 13.3. The van der Waals surface area contributed by atoms with Gasteiger partial charge in [-0.15, -0.1) is 0 Å². The van der Waals surface area contributed by atoms with Crippen molar-refractivity contribution in [3.05, 3.63) is 65.2 Å². The van der Waals surface area contributed by atoms with E-state index in [2.05, 4.69) is 32.6 Å². The first-order valence-electron chi connectivity index (χ1n) is 13.3. The van der Waals surface area contributed by atoms with Crippen LogP contribution < -0.4 is 9.47 Å². The fraction of sp³-hybridized carbons (Fsp3) is 0.467. The summed E-state index contributed by atoms with van der Waals surface area (Å²) in [7, 11) is 0. The Morgan fingerprint density at radius 1 is 1.00 bits per heavy atom. The lowest BCUT2D eigenvalue weighted by atomic mass is 9.95. The molecule has 0 saturated carbocycles. The number of likely N-dealkylation sites (N-methyl/N-ethyl adjacent to an activating group) is 1. The summed E-state index contributed by atoms with van der Waals surface area (Å²) in [5.41, 5.74) is 1.27. The third-order valence-corrected chi connectivity index (χ3v) is 6.67. The summed E-state index contributed by atoms with van der Waals surface area (Å²) >= 11 is 0. The van der Waals surface area contributed by atoms with Crippen LogP contribution in [0.15, 0.2) is 54.1 Å². The quantitative estimate of drug-likeness (QED) is 0.225. The van der Waals surface area contributed by atoms with E-state index in [0.29, 0.717) is 54.8 Å². The molecule has 7 heteroatoms. The van der Waals surface area contributed by atoms with Crippen molar-refractivity contribution in [2.75, 3.05) is 39.4 Å². The van der Waals surface area contributed by atoms with Gasteiger partial charge in [-0.25, -0.2) is 0 Å². The van der Waals surface area contributed by atoms with Crippen LogP contribution in [0, 0.1) is 5.92 Å². The molecule has 1 aliphatic rings. The van der Waals surface area contributed by atoms with E-state index in [1.807, 2.05) is 31.2 Å². The molecule has 3 rings (SSSR count). The molecule has 1 aliphatic heterocycles. The van der Waals surface area contributed by atoms with Crippen molar-refractivity contribution in [1.82, 2.24) is 9.80 Å². The second kappa shape index (κ2) is 13.3. The smallest absolute Gasteiger partial charge is 0.295 e. The first-order valence-corrected chi connectivity index (χ1v) is 13.3. The van der Waals surface area contributed by atoms with Crippen molar-refractivity contribution >= 4 is 17.4 Å². The zero-order valence-corrected chi connectivity index (χ0v) is 22.7. The molecule has 0 aromatic heterocycles. The van der Waals surface area contributed by atoms with Crippen molar-refractivity contribution in [2.45, 2.75) is 47.1 Å². The molecule has 1 unspecified atom stereocenters. The predicted molar refractivity (Wildman–Crippen MR) is 146 cm³/mol. The number of amides is 1. The van der Waals surface area contributed by atoms with Crippen LogP contribution in [0.3, 0.4) is 0 Å². The third kappa shape index (κ3) is 6.72. The number of rotatable bonds is 13. The molecular weight excluding hydrogens is 468 g/mol. The SMILES string of the molecule is CCOc1cc(C2C(=C(O)c3ccccc3)C(=O)C(=O)N2CCN(CC)CC)ccc1OCCC(C)C. The van der Waals surface area contributed by atoms with Crippen molar-refractivity contribution in [3.63, 3.8) is 0 Å². The first-order chi connectivity index (χ1) is 17.8. The Labute approximate surface area is 220 Å². The van der Waals surface area contributed by atoms with Gasteiger partial charge in [0.15, 0.2) is 11.5 Å². The Hall–Kier alpha value is -3.32. The summed E-state index contributed by atoms with van der Waals surface area (Å²) in [4.78, 5) is 30.3. The van der Waals surface area contributed by atoms with Crippen molar-refractivity contribution in [3.8, 4) is 11.5 Å². The van der Waals surface area contributed by atoms with Gasteiger partial charge in [0.2, 0.25) is 0 Å². The van der Waals surface area contributed by atoms with E-state index in [1.165, 1.54) is 0 Å². The number of benzene rings is 2. The number of Topliss-reactive ketones (excluding diaryl/α,β-unsaturated/α-hetero) is 1. The van der Waals surface area contributed by atoms with E-state index in [1.54, 1.807) is 29.2 Å². The van der Waals surface area contributed by atoms with Crippen LogP contribution >= 0.6 is 0 Å². The summed E-state index contributed by atoms with van der Waals surface area (Å²) < 4.78 is 11.9. The number of aliphatic hydroxyl groups is 1. The van der Waals surface area contributed by atoms with Gasteiger partial charge in [0, 0.05) is 18.7 Å². The highest BCUT2D eigenvalue weighted by molar-refractivity contribution is 6.46. The number of nitrogens with zero attached hydrogens (tertiary/aromatic N) is 2. The molecule has 1 saturated heterocycles. The van der Waals surface area contributed by atoms with Gasteiger partial charge in [0.1, 0.15) is 5.76 Å². The van der Waals surface area contributed by atoms with Crippen LogP contribution in [0.25, 0.3) is 5.76 Å². The van der Waals surface area contributed by atoms with Crippen LogP contribution in [0.1, 0.15) is 58.2 Å². The summed E-state index contributed by atoms with van der Waals surface area (Å²) in [5, 5.41) is 11.2. The number of carbonyl (C=O) groups is 2. The zero-order valence-electron chi connectivity index (χ0n) is 22.7. The number of likely N-dealkylation sites (tertiary alicyclic amines) is 1. The molecule has 2 aromatic carbocycles. The second-order valence-corrected chi connectivity index (χ2v) is 9.56. The third-order valence-electron chi connectivity index (χ3n) is 6.67. The number of ketones is 1. The summed E-state index contributed by atoms with van der Waals surface area (Å²) in [6.45, 7) is 14.0. The number of hydrogen-bond donors (Lipinski definition) is 1. The van der Waals surface area contributed by atoms with Gasteiger partial charge >= 0.3 is 0 Å². The maximum Gasteiger partial charge on any atom is 0.295 e. The molecule has 0 spiro atoms. The van der Waals surface area contributed by atoms with Gasteiger partial charge in [-0.2, -0.15) is 0 Å². The van der Waals surface area contributed by atoms with Crippen molar-refractivity contribution in [2.24, 2.45) is 5.92 Å². The lowest BCUT2D eigenvalue weighted by molar-refractivity contribution is -0.140. The van der Waals surface area contributed by atoms with Gasteiger partial charge < -0.3 is 24.4 Å². The molecule has 1 atom stereocenters. The average molecular weight is 509 g/mol. The summed E-state index contributed by atoms with van der Waals surface area (Å²) in [6.07, 6.45) is 0.913. The molecule has 7 nitrogen and oxygen atoms in total. The summed E-state index contributed by atoms with van der Waals surface area (Å²) in [6, 6.07) is 13.6. The monoisotopic (exact) mass is 508 g/mol. The van der Waals surface area contributed by atoms with E-state index in [-0.39, 0.29) is 11.3 Å². The van der Waals surface area contributed by atoms with Gasteiger partial charge in [-0.05, 0) is 50.0 Å². The topological polar surface area (TPSA) is 79.3 Å². The van der Waals surface area contributed by atoms with Gasteiger partial charge in [-0.3, -0.25) is 9.59 Å².